The van der Waals surface area contributed by atoms with Gasteiger partial charge in [0.05, 0.1) is 36.6 Å². The fraction of sp³-hybridized carbons (Fsp3) is 0.562. The number of nitrogens with one attached hydrogen (secondary N) is 1. The van der Waals surface area contributed by atoms with Gasteiger partial charge in [-0.25, -0.2) is 0 Å². The molecule has 0 aliphatic carbocycles. The van der Waals surface area contributed by atoms with E-state index in [4.69, 9.17) is 9.47 Å². The van der Waals surface area contributed by atoms with Crippen molar-refractivity contribution in [1.29, 1.82) is 0 Å². The van der Waals surface area contributed by atoms with Crippen molar-refractivity contribution in [2.45, 2.75) is 82.3 Å². The molecule has 1 aromatic carbocycles. The summed E-state index contributed by atoms with van der Waals surface area (Å²) in [6, 6.07) is 6.82. The largest absolute Gasteiger partial charge is 0.463 e. The van der Waals surface area contributed by atoms with Gasteiger partial charge in [-0.3, -0.25) is 19.2 Å². The molecular weight excluding hydrogens is 538 g/mol. The first-order valence-electron chi connectivity index (χ1n) is 15.0. The van der Waals surface area contributed by atoms with Crippen LogP contribution in [0.5, 0.6) is 0 Å². The highest BCUT2D eigenvalue weighted by Gasteiger charge is 2.72. The lowest BCUT2D eigenvalue weighted by Crippen LogP contribution is -2.58. The van der Waals surface area contributed by atoms with Crippen LogP contribution in [0.4, 0.5) is 0 Å². The van der Waals surface area contributed by atoms with Crippen molar-refractivity contribution in [3.05, 3.63) is 60.2 Å². The first-order chi connectivity index (χ1) is 20.2. The van der Waals surface area contributed by atoms with Gasteiger partial charge in [0, 0.05) is 19.0 Å². The molecule has 0 bridgehead atoms. The molecule has 4 heterocycles. The lowest BCUT2D eigenvalue weighted by atomic mass is 9.77. The van der Waals surface area contributed by atoms with Crippen molar-refractivity contribution in [2.24, 2.45) is 11.8 Å². The third kappa shape index (κ3) is 5.26. The summed E-state index contributed by atoms with van der Waals surface area (Å²) in [6.07, 6.45) is 8.58. The maximum atomic E-state index is 14.3. The predicted octanol–water partition coefficient (Wildman–Crippen LogP) is 2.29. The van der Waals surface area contributed by atoms with Crippen LogP contribution in [0.1, 0.15) is 58.1 Å². The summed E-state index contributed by atoms with van der Waals surface area (Å²) in [4.78, 5) is 58.4. The summed E-state index contributed by atoms with van der Waals surface area (Å²) >= 11 is 0. The number of fused-ring (bicyclic) bond motifs is 2. The number of ether oxygens (including phenoxy) is 2. The molecule has 0 aromatic heterocycles. The van der Waals surface area contributed by atoms with Crippen molar-refractivity contribution < 1.29 is 33.8 Å². The summed E-state index contributed by atoms with van der Waals surface area (Å²) in [5.74, 6) is -3.39. The molecule has 1 aromatic rings. The van der Waals surface area contributed by atoms with Gasteiger partial charge in [0.1, 0.15) is 18.2 Å². The van der Waals surface area contributed by atoms with Gasteiger partial charge < -0.3 is 29.7 Å². The zero-order chi connectivity index (χ0) is 30.0. The Morgan fingerprint density at radius 2 is 1.83 bits per heavy atom. The van der Waals surface area contributed by atoms with E-state index in [9.17, 15) is 24.3 Å². The zero-order valence-corrected chi connectivity index (χ0v) is 24.5. The standard InChI is InChI=1S/C32H41N3O7/c1-4-11-20(2)34-17-10-16-32-27(30(39)35(21(3)18-36)28(32)31(34)40)26-24(42-32)14-8-9-15-25(37)41-19-23(33-29(26)38)22-12-6-5-7-13-22/h5-8,10,12-14,16,20-21,23-24,26-28,36H,4,9,11,15,17-19H2,1-3H3,(H,33,38)/b14-8-/t20?,21-,23+,24-,26+,27+,28-,32+/m1/s1. The second-order valence-corrected chi connectivity index (χ2v) is 11.8. The van der Waals surface area contributed by atoms with Crippen LogP contribution in [0, 0.1) is 11.8 Å². The minimum Gasteiger partial charge on any atom is -0.463 e. The molecule has 2 saturated heterocycles. The number of hydrogen-bond donors (Lipinski definition) is 2. The molecule has 1 unspecified atom stereocenters. The Kier molecular flexibility index (Phi) is 8.84. The predicted molar refractivity (Wildman–Crippen MR) is 154 cm³/mol. The number of hydrogen-bond acceptors (Lipinski definition) is 7. The van der Waals surface area contributed by atoms with Crippen molar-refractivity contribution in [2.75, 3.05) is 19.8 Å². The lowest BCUT2D eigenvalue weighted by molar-refractivity contribution is -0.151. The van der Waals surface area contributed by atoms with Gasteiger partial charge in [-0.1, -0.05) is 68.0 Å². The zero-order valence-electron chi connectivity index (χ0n) is 24.5. The summed E-state index contributed by atoms with van der Waals surface area (Å²) in [5, 5.41) is 13.2. The highest BCUT2D eigenvalue weighted by atomic mass is 16.5. The molecular formula is C32H41N3O7. The maximum Gasteiger partial charge on any atom is 0.306 e. The number of allylic oxidation sites excluding steroid dienone is 1. The Morgan fingerprint density at radius 3 is 2.55 bits per heavy atom. The maximum absolute atomic E-state index is 14.3. The van der Waals surface area contributed by atoms with Crippen LogP contribution < -0.4 is 5.32 Å². The van der Waals surface area contributed by atoms with E-state index >= 15 is 0 Å². The number of aliphatic hydroxyl groups excluding tert-OH is 1. The fourth-order valence-electron chi connectivity index (χ4n) is 6.93. The molecule has 0 saturated carbocycles. The molecule has 4 aliphatic heterocycles. The topological polar surface area (TPSA) is 125 Å². The second kappa shape index (κ2) is 12.4. The van der Waals surface area contributed by atoms with Crippen LogP contribution >= 0.6 is 0 Å². The van der Waals surface area contributed by atoms with Crippen LogP contribution in [0.2, 0.25) is 0 Å². The van der Waals surface area contributed by atoms with Crippen LogP contribution in [-0.4, -0.2) is 88.2 Å². The first kappa shape index (κ1) is 30.0. The van der Waals surface area contributed by atoms with Crippen molar-refractivity contribution in [1.82, 2.24) is 15.1 Å². The number of benzene rings is 1. The number of rotatable bonds is 6. The van der Waals surface area contributed by atoms with Gasteiger partial charge in [0.25, 0.3) is 0 Å². The second-order valence-electron chi connectivity index (χ2n) is 11.8. The van der Waals surface area contributed by atoms with Gasteiger partial charge in [0.2, 0.25) is 17.7 Å². The fourth-order valence-corrected chi connectivity index (χ4v) is 6.93. The molecule has 10 nitrogen and oxygen atoms in total. The van der Waals surface area contributed by atoms with E-state index in [2.05, 4.69) is 12.2 Å². The summed E-state index contributed by atoms with van der Waals surface area (Å²) < 4.78 is 12.2. The number of likely N-dealkylation sites (tertiary alicyclic amines) is 1. The van der Waals surface area contributed by atoms with E-state index in [1.54, 1.807) is 30.1 Å². The average Bonchev–Trinajstić information content (AvgIpc) is 3.37. The lowest BCUT2D eigenvalue weighted by Gasteiger charge is -2.39. The van der Waals surface area contributed by atoms with Crippen molar-refractivity contribution in [3.63, 3.8) is 0 Å². The molecule has 4 aliphatic rings. The Labute approximate surface area is 246 Å². The minimum atomic E-state index is -1.40. The number of aliphatic hydroxyl groups is 1. The van der Waals surface area contributed by atoms with Crippen LogP contribution in [0.15, 0.2) is 54.6 Å². The van der Waals surface area contributed by atoms with Gasteiger partial charge in [0.15, 0.2) is 0 Å². The molecule has 0 radical (unpaired) electrons. The molecule has 42 heavy (non-hydrogen) atoms. The summed E-state index contributed by atoms with van der Waals surface area (Å²) in [6.45, 7) is 5.72. The van der Waals surface area contributed by atoms with Crippen LogP contribution in [0.3, 0.4) is 0 Å². The van der Waals surface area contributed by atoms with Crippen molar-refractivity contribution >= 4 is 23.7 Å². The molecule has 226 valence electrons. The van der Waals surface area contributed by atoms with E-state index < -0.39 is 53.5 Å². The average molecular weight is 580 g/mol. The molecule has 1 spiro atoms. The number of esters is 1. The molecule has 8 atom stereocenters. The van der Waals surface area contributed by atoms with Gasteiger partial charge in [-0.15, -0.1) is 0 Å². The quantitative estimate of drug-likeness (QED) is 0.391. The van der Waals surface area contributed by atoms with Gasteiger partial charge in [-0.05, 0) is 32.3 Å². The van der Waals surface area contributed by atoms with E-state index in [1.807, 2.05) is 43.3 Å². The third-order valence-electron chi connectivity index (χ3n) is 9.01. The Bertz CT molecular complexity index is 1250. The van der Waals surface area contributed by atoms with Gasteiger partial charge >= 0.3 is 5.97 Å². The van der Waals surface area contributed by atoms with E-state index in [1.165, 1.54) is 4.90 Å². The molecule has 10 heteroatoms. The number of carbonyl (C=O) groups is 4. The molecule has 2 N–H and O–H groups in total. The van der Waals surface area contributed by atoms with Crippen molar-refractivity contribution in [3.8, 4) is 0 Å². The number of carbonyl (C=O) groups excluding carboxylic acids is 4. The Hall–Kier alpha value is -3.50. The minimum absolute atomic E-state index is 0.0563. The summed E-state index contributed by atoms with van der Waals surface area (Å²) in [5.41, 5.74) is -0.642. The van der Waals surface area contributed by atoms with Gasteiger partial charge in [-0.2, -0.15) is 0 Å². The number of amides is 3. The SMILES string of the molecule is CCCC(C)N1CC=C[C@]23O[C@@H]4/C=C\CCC(=O)OC[C@@H](c5ccccc5)NC(=O)[C@@H]4[C@H]2C(=O)N([C@H](C)CO)[C@@H]3C1=O. The first-order valence-corrected chi connectivity index (χ1v) is 15.0. The third-order valence-corrected chi connectivity index (χ3v) is 9.01. The normalized spacial score (nSPS) is 33.8. The summed E-state index contributed by atoms with van der Waals surface area (Å²) in [7, 11) is 0. The smallest absolute Gasteiger partial charge is 0.306 e. The molecule has 3 amide bonds. The number of cyclic esters (lactones) is 1. The highest BCUT2D eigenvalue weighted by Crippen LogP contribution is 2.53. The van der Waals surface area contributed by atoms with E-state index in [0.29, 0.717) is 13.0 Å². The molecule has 5 rings (SSSR count). The van der Waals surface area contributed by atoms with Crippen LogP contribution in [0.25, 0.3) is 0 Å². The molecule has 2 fully saturated rings. The highest BCUT2D eigenvalue weighted by molar-refractivity contribution is 6.00. The Morgan fingerprint density at radius 1 is 1.07 bits per heavy atom. The van der Waals surface area contributed by atoms with E-state index in [-0.39, 0.29) is 37.6 Å². The monoisotopic (exact) mass is 579 g/mol. The number of nitrogens with zero attached hydrogens (tertiary/aromatic N) is 2. The Balaban J connectivity index is 1.59. The van der Waals surface area contributed by atoms with E-state index in [0.717, 1.165) is 18.4 Å². The van der Waals surface area contributed by atoms with Crippen LogP contribution in [-0.2, 0) is 28.7 Å².